The zero-order valence-corrected chi connectivity index (χ0v) is 14.6. The molecule has 1 heterocycles. The Kier molecular flexibility index (Phi) is 5.84. The minimum atomic E-state index is -0.270. The number of benzene rings is 2. The molecule has 0 saturated heterocycles. The summed E-state index contributed by atoms with van der Waals surface area (Å²) in [6, 6.07) is 19.7. The number of halogens is 1. The van der Waals surface area contributed by atoms with Gasteiger partial charge in [0.2, 0.25) is 0 Å². The Morgan fingerprint density at radius 3 is 2.54 bits per heavy atom. The smallest absolute Gasteiger partial charge is 0.257 e. The first-order chi connectivity index (χ1) is 12.7. The van der Waals surface area contributed by atoms with E-state index in [1.165, 1.54) is 6.20 Å². The fraction of sp³-hybridized carbons (Fsp3) is 0.100. The van der Waals surface area contributed by atoms with E-state index in [9.17, 15) is 9.90 Å². The number of hydrogen-bond donors (Lipinski definition) is 3. The van der Waals surface area contributed by atoms with Gasteiger partial charge in [-0.25, -0.2) is 4.98 Å². The Hall–Kier alpha value is -2.89. The fourth-order valence-electron chi connectivity index (χ4n) is 2.48. The Morgan fingerprint density at radius 1 is 1.08 bits per heavy atom. The summed E-state index contributed by atoms with van der Waals surface area (Å²) in [6.45, 7) is -0.0668. The van der Waals surface area contributed by atoms with Crippen LogP contribution in [0.4, 0.5) is 11.5 Å². The van der Waals surface area contributed by atoms with Gasteiger partial charge in [-0.15, -0.1) is 0 Å². The second kappa shape index (κ2) is 8.47. The summed E-state index contributed by atoms with van der Waals surface area (Å²) in [5, 5.41) is 16.1. The SMILES string of the molecule is O=C(Nc1cccc(Cl)c1)c1ccc(NC(CO)c2ccccc2)nc1. The average molecular weight is 368 g/mol. The van der Waals surface area contributed by atoms with Crippen LogP contribution >= 0.6 is 11.6 Å². The second-order valence-electron chi connectivity index (χ2n) is 5.69. The summed E-state index contributed by atoms with van der Waals surface area (Å²) in [5.41, 5.74) is 2.00. The minimum absolute atomic E-state index is 0.0668. The molecule has 0 spiro atoms. The van der Waals surface area contributed by atoms with Crippen molar-refractivity contribution in [2.45, 2.75) is 6.04 Å². The number of aromatic nitrogens is 1. The van der Waals surface area contributed by atoms with E-state index in [1.54, 1.807) is 36.4 Å². The van der Waals surface area contributed by atoms with Gasteiger partial charge in [-0.1, -0.05) is 48.0 Å². The normalized spacial score (nSPS) is 11.6. The highest BCUT2D eigenvalue weighted by molar-refractivity contribution is 6.30. The maximum Gasteiger partial charge on any atom is 0.257 e. The van der Waals surface area contributed by atoms with Gasteiger partial charge < -0.3 is 15.7 Å². The van der Waals surface area contributed by atoms with Crippen LogP contribution in [-0.4, -0.2) is 22.6 Å². The van der Waals surface area contributed by atoms with Gasteiger partial charge in [0.15, 0.2) is 0 Å². The quantitative estimate of drug-likeness (QED) is 0.612. The molecule has 26 heavy (non-hydrogen) atoms. The van der Waals surface area contributed by atoms with Crippen LogP contribution in [0.3, 0.4) is 0 Å². The predicted molar refractivity (Wildman–Crippen MR) is 104 cm³/mol. The van der Waals surface area contributed by atoms with Crippen LogP contribution in [0.2, 0.25) is 5.02 Å². The van der Waals surface area contributed by atoms with Crippen LogP contribution in [0.25, 0.3) is 0 Å². The summed E-state index contributed by atoms with van der Waals surface area (Å²) >= 11 is 5.92. The fourth-order valence-corrected chi connectivity index (χ4v) is 2.67. The molecule has 132 valence electrons. The van der Waals surface area contributed by atoms with E-state index in [-0.39, 0.29) is 18.6 Å². The van der Waals surface area contributed by atoms with Crippen molar-refractivity contribution in [3.63, 3.8) is 0 Å². The summed E-state index contributed by atoms with van der Waals surface area (Å²) < 4.78 is 0. The molecule has 3 rings (SSSR count). The topological polar surface area (TPSA) is 74.2 Å². The largest absolute Gasteiger partial charge is 0.394 e. The number of aliphatic hydroxyl groups excluding tert-OH is 1. The Bertz CT molecular complexity index is 870. The van der Waals surface area contributed by atoms with Crippen molar-refractivity contribution in [3.05, 3.63) is 89.1 Å². The number of pyridine rings is 1. The van der Waals surface area contributed by atoms with E-state index < -0.39 is 0 Å². The molecule has 5 nitrogen and oxygen atoms in total. The van der Waals surface area contributed by atoms with Gasteiger partial charge in [0, 0.05) is 16.9 Å². The molecule has 0 aliphatic heterocycles. The zero-order chi connectivity index (χ0) is 18.4. The third kappa shape index (κ3) is 4.59. The first kappa shape index (κ1) is 17.9. The lowest BCUT2D eigenvalue weighted by Gasteiger charge is -2.17. The van der Waals surface area contributed by atoms with Gasteiger partial charge in [0.1, 0.15) is 5.82 Å². The highest BCUT2D eigenvalue weighted by Gasteiger charge is 2.11. The molecule has 0 aliphatic rings. The number of amides is 1. The molecule has 2 aromatic carbocycles. The van der Waals surface area contributed by atoms with Crippen molar-refractivity contribution in [1.82, 2.24) is 4.98 Å². The van der Waals surface area contributed by atoms with E-state index in [4.69, 9.17) is 11.6 Å². The first-order valence-corrected chi connectivity index (χ1v) is 8.49. The number of aliphatic hydroxyl groups is 1. The Balaban J connectivity index is 1.67. The molecule has 3 N–H and O–H groups in total. The number of hydrogen-bond acceptors (Lipinski definition) is 4. The lowest BCUT2D eigenvalue weighted by atomic mass is 10.1. The van der Waals surface area contributed by atoms with Gasteiger partial charge in [0.25, 0.3) is 5.91 Å². The molecule has 3 aromatic rings. The van der Waals surface area contributed by atoms with Crippen LogP contribution in [0, 0.1) is 0 Å². The zero-order valence-electron chi connectivity index (χ0n) is 13.9. The molecule has 0 fully saturated rings. The van der Waals surface area contributed by atoms with Crippen molar-refractivity contribution in [2.75, 3.05) is 17.2 Å². The monoisotopic (exact) mass is 367 g/mol. The van der Waals surface area contributed by atoms with Gasteiger partial charge in [-0.2, -0.15) is 0 Å². The molecule has 0 bridgehead atoms. The number of rotatable bonds is 6. The highest BCUT2D eigenvalue weighted by Crippen LogP contribution is 2.19. The van der Waals surface area contributed by atoms with Crippen molar-refractivity contribution in [3.8, 4) is 0 Å². The van der Waals surface area contributed by atoms with Crippen LogP contribution in [0.1, 0.15) is 22.0 Å². The Morgan fingerprint density at radius 2 is 1.88 bits per heavy atom. The van der Waals surface area contributed by atoms with Crippen LogP contribution in [0.5, 0.6) is 0 Å². The molecular formula is C20H18ClN3O2. The van der Waals surface area contributed by atoms with E-state index in [2.05, 4.69) is 15.6 Å². The van der Waals surface area contributed by atoms with Crippen LogP contribution in [-0.2, 0) is 0 Å². The van der Waals surface area contributed by atoms with Crippen molar-refractivity contribution in [2.24, 2.45) is 0 Å². The predicted octanol–water partition coefficient (Wildman–Crippen LogP) is 4.13. The van der Waals surface area contributed by atoms with Gasteiger partial charge in [-0.3, -0.25) is 4.79 Å². The number of anilines is 2. The van der Waals surface area contributed by atoms with Crippen molar-refractivity contribution < 1.29 is 9.90 Å². The average Bonchev–Trinajstić information content (AvgIpc) is 2.67. The summed E-state index contributed by atoms with van der Waals surface area (Å²) in [5.74, 6) is 0.306. The number of carbonyl (C=O) groups excluding carboxylic acids is 1. The summed E-state index contributed by atoms with van der Waals surface area (Å²) in [6.07, 6.45) is 1.49. The van der Waals surface area contributed by atoms with Crippen LogP contribution < -0.4 is 10.6 Å². The van der Waals surface area contributed by atoms with Crippen molar-refractivity contribution in [1.29, 1.82) is 0 Å². The van der Waals surface area contributed by atoms with E-state index >= 15 is 0 Å². The number of nitrogens with zero attached hydrogens (tertiary/aromatic N) is 1. The number of carbonyl (C=O) groups is 1. The number of nitrogens with one attached hydrogen (secondary N) is 2. The van der Waals surface area contributed by atoms with E-state index in [0.717, 1.165) is 5.56 Å². The molecular weight excluding hydrogens is 350 g/mol. The Labute approximate surface area is 156 Å². The summed E-state index contributed by atoms with van der Waals surface area (Å²) in [7, 11) is 0. The minimum Gasteiger partial charge on any atom is -0.394 e. The lowest BCUT2D eigenvalue weighted by molar-refractivity contribution is 0.102. The summed E-state index contributed by atoms with van der Waals surface area (Å²) in [4.78, 5) is 16.5. The highest BCUT2D eigenvalue weighted by atomic mass is 35.5. The van der Waals surface area contributed by atoms with Crippen molar-refractivity contribution >= 4 is 29.0 Å². The molecule has 6 heteroatoms. The maximum atomic E-state index is 12.3. The van der Waals surface area contributed by atoms with Gasteiger partial charge >= 0.3 is 0 Å². The first-order valence-electron chi connectivity index (χ1n) is 8.11. The van der Waals surface area contributed by atoms with E-state index in [0.29, 0.717) is 22.1 Å². The van der Waals surface area contributed by atoms with Gasteiger partial charge in [-0.05, 0) is 35.9 Å². The molecule has 1 aromatic heterocycles. The van der Waals surface area contributed by atoms with Crippen LogP contribution in [0.15, 0.2) is 72.9 Å². The molecule has 1 atom stereocenters. The van der Waals surface area contributed by atoms with Gasteiger partial charge in [0.05, 0.1) is 18.2 Å². The lowest BCUT2D eigenvalue weighted by Crippen LogP contribution is -2.16. The molecule has 0 radical (unpaired) electrons. The molecule has 1 amide bonds. The third-order valence-corrected chi connectivity index (χ3v) is 4.05. The second-order valence-corrected chi connectivity index (χ2v) is 6.12. The molecule has 1 unspecified atom stereocenters. The maximum absolute atomic E-state index is 12.3. The third-order valence-electron chi connectivity index (χ3n) is 3.81. The molecule has 0 aliphatic carbocycles. The van der Waals surface area contributed by atoms with E-state index in [1.807, 2.05) is 30.3 Å². The molecule has 0 saturated carbocycles. The standard InChI is InChI=1S/C20H18ClN3O2/c21-16-7-4-8-17(11-16)23-20(26)15-9-10-19(22-12-15)24-18(13-25)14-5-2-1-3-6-14/h1-12,18,25H,13H2,(H,22,24)(H,23,26).